The topological polar surface area (TPSA) is 644 Å². The molecular formula is C47H80O40. The molecule has 0 aliphatic carbocycles. The van der Waals surface area contributed by atoms with Crippen LogP contribution in [0.5, 0.6) is 0 Å². The second-order valence-electron chi connectivity index (χ2n) is 22.0. The lowest BCUT2D eigenvalue weighted by Crippen LogP contribution is -2.67. The van der Waals surface area contributed by atoms with E-state index < -0.39 is 292 Å². The highest BCUT2D eigenvalue weighted by atomic mass is 16.8. The van der Waals surface area contributed by atoms with Crippen LogP contribution in [0.15, 0.2) is 0 Å². The van der Waals surface area contributed by atoms with Crippen LogP contribution in [0.2, 0.25) is 0 Å². The molecule has 40 nitrogen and oxygen atoms in total. The summed E-state index contributed by atoms with van der Waals surface area (Å²) in [6.45, 7) is -7.37. The van der Waals surface area contributed by atoms with Gasteiger partial charge in [0.05, 0.1) is 52.9 Å². The summed E-state index contributed by atoms with van der Waals surface area (Å²) in [5.74, 6) is 0. The third-order valence-corrected chi connectivity index (χ3v) is 16.3. The van der Waals surface area contributed by atoms with Crippen molar-refractivity contribution in [1.82, 2.24) is 0 Å². The molecule has 40 heteroatoms. The molecule has 1 unspecified atom stereocenters. The maximum atomic E-state index is 11.3. The fourth-order valence-electron chi connectivity index (χ4n) is 11.1. The third-order valence-electron chi connectivity index (χ3n) is 16.3. The number of rotatable bonds is 22. The molecule has 508 valence electrons. The van der Waals surface area contributed by atoms with Gasteiger partial charge in [0.25, 0.3) is 0 Å². The fourth-order valence-corrected chi connectivity index (χ4v) is 11.1. The van der Waals surface area contributed by atoms with Crippen LogP contribution in [-0.4, -0.2) is 420 Å². The lowest BCUT2D eigenvalue weighted by molar-refractivity contribution is -0.389. The van der Waals surface area contributed by atoms with Crippen molar-refractivity contribution < 1.29 is 199 Å². The Balaban J connectivity index is 0.838. The van der Waals surface area contributed by atoms with E-state index in [4.69, 9.17) is 71.1 Å². The van der Waals surface area contributed by atoms with Crippen molar-refractivity contribution in [2.45, 2.75) is 240 Å². The molecule has 87 heavy (non-hydrogen) atoms. The van der Waals surface area contributed by atoms with Gasteiger partial charge in [-0.3, -0.25) is 0 Å². The average molecular weight is 1290 g/mol. The van der Waals surface area contributed by atoms with Gasteiger partial charge in [-0.15, -0.1) is 0 Å². The number of hydrogen-bond donors (Lipinski definition) is 25. The van der Waals surface area contributed by atoms with Crippen LogP contribution < -0.4 is 0 Å². The van der Waals surface area contributed by atoms with Crippen molar-refractivity contribution in [1.29, 1.82) is 0 Å². The molecule has 8 fully saturated rings. The van der Waals surface area contributed by atoms with Crippen molar-refractivity contribution in [3.8, 4) is 0 Å². The zero-order valence-electron chi connectivity index (χ0n) is 45.5. The first kappa shape index (κ1) is 71.3. The maximum Gasteiger partial charge on any atom is 0.187 e. The molecule has 25 N–H and O–H groups in total. The molecule has 8 rings (SSSR count). The molecule has 0 aromatic heterocycles. The highest BCUT2D eigenvalue weighted by molar-refractivity contribution is 5.00. The van der Waals surface area contributed by atoms with Gasteiger partial charge in [0.2, 0.25) is 0 Å². The van der Waals surface area contributed by atoms with Crippen molar-refractivity contribution in [3.05, 3.63) is 0 Å². The molecule has 8 aliphatic rings. The predicted molar refractivity (Wildman–Crippen MR) is 258 cm³/mol. The largest absolute Gasteiger partial charge is 0.394 e. The van der Waals surface area contributed by atoms with Crippen molar-refractivity contribution >= 4 is 0 Å². The van der Waals surface area contributed by atoms with Crippen LogP contribution in [0.4, 0.5) is 0 Å². The maximum absolute atomic E-state index is 11.3. The van der Waals surface area contributed by atoms with Crippen LogP contribution in [-0.2, 0) is 71.1 Å². The van der Waals surface area contributed by atoms with Crippen molar-refractivity contribution in [2.75, 3.05) is 52.9 Å². The summed E-state index contributed by atoms with van der Waals surface area (Å²) < 4.78 is 82.8. The Morgan fingerprint density at radius 1 is 0.195 bits per heavy atom. The van der Waals surface area contributed by atoms with E-state index in [1.165, 1.54) is 0 Å². The SMILES string of the molecule is OC[C@H]1OC(O)[C@H](O)[C@@H](O[C@@H]2O[C@H](CO)[C@@H](O[C@@H]3O[C@H](CO)[C@@H](O[C@@H]4O[C@H](CO[C@@H]5O[C@H](CO[C@@H]6O[C@H](CO)[C@@H](O[C@H]7O[C@H](CO)[C@@H](O[C@H]8O[C@H](CO)[C@@H](O)[C@H]8O)[C@H](O)[C@H]7O)[C@H](O)[C@H]6O)[C@@H](O)[C@H](O)[C@H]5O)[C@@H](O)[C@H](O)[C@H]4O)[C@H](O)[C@H]3O)[C@H](O)[C@H]2O)[C@H]1O. The highest BCUT2D eigenvalue weighted by Crippen LogP contribution is 2.37. The van der Waals surface area contributed by atoms with Crippen LogP contribution in [0.3, 0.4) is 0 Å². The molecule has 0 radical (unpaired) electrons. The lowest BCUT2D eigenvalue weighted by atomic mass is 9.95. The summed E-state index contributed by atoms with van der Waals surface area (Å²) >= 11 is 0. The van der Waals surface area contributed by atoms with E-state index in [0.717, 1.165) is 0 Å². The van der Waals surface area contributed by atoms with E-state index in [0.29, 0.717) is 0 Å². The Bertz CT molecular complexity index is 2070. The first-order chi connectivity index (χ1) is 41.2. The van der Waals surface area contributed by atoms with Crippen LogP contribution in [0.25, 0.3) is 0 Å². The molecular weight excluding hydrogens is 1200 g/mol. The highest BCUT2D eigenvalue weighted by Gasteiger charge is 2.58. The van der Waals surface area contributed by atoms with Gasteiger partial charge in [0.15, 0.2) is 50.3 Å². The Labute approximate surface area is 490 Å². The molecule has 0 saturated carbocycles. The summed E-state index contributed by atoms with van der Waals surface area (Å²) in [7, 11) is 0. The van der Waals surface area contributed by atoms with Gasteiger partial charge in [-0.25, -0.2) is 0 Å². The van der Waals surface area contributed by atoms with Crippen LogP contribution in [0.1, 0.15) is 0 Å². The van der Waals surface area contributed by atoms with E-state index in [1.54, 1.807) is 0 Å². The second-order valence-corrected chi connectivity index (χ2v) is 22.0. The Kier molecular flexibility index (Phi) is 25.1. The zero-order chi connectivity index (χ0) is 63.8. The molecule has 0 amide bonds. The molecule has 0 aromatic rings. The molecule has 0 bridgehead atoms. The average Bonchev–Trinajstić information content (AvgIpc) is 2.29. The fraction of sp³-hybridized carbons (Fsp3) is 1.00. The molecule has 0 aromatic carbocycles. The summed E-state index contributed by atoms with van der Waals surface area (Å²) in [4.78, 5) is 0. The van der Waals surface area contributed by atoms with Crippen molar-refractivity contribution in [2.24, 2.45) is 0 Å². The zero-order valence-corrected chi connectivity index (χ0v) is 45.5. The molecule has 8 heterocycles. The molecule has 8 saturated heterocycles. The summed E-state index contributed by atoms with van der Waals surface area (Å²) in [6.07, 6.45) is -74.2. The Morgan fingerprint density at radius 2 is 0.425 bits per heavy atom. The first-order valence-electron chi connectivity index (χ1n) is 27.6. The van der Waals surface area contributed by atoms with Gasteiger partial charge in [-0.2, -0.15) is 0 Å². The number of aliphatic hydroxyl groups excluding tert-OH is 25. The monoisotopic (exact) mass is 1280 g/mol. The number of hydrogen-bond acceptors (Lipinski definition) is 40. The smallest absolute Gasteiger partial charge is 0.187 e. The standard InChI is InChI=1S/C47H80O40/c48-1-9-17(54)27(64)43(76-9)83-36-12(4-51)78-45(31(68)24(36)61)85-35-11(3-50)77-42(30(67)23(35)60)74-7-15-18(55)21(58)28(65)41(81-15)73-8-16-19(56)22(59)29(66)44(82-16)84-37-13(5-52)79-46(32(69)25(37)62)86-38-14(6-53)80-47(33(70)26(38)63)87-39-20(57)10(2-49)75-40(72)34(39)71/h9-72H,1-8H2/t9-,10-,11-,12-,13-,14-,15-,16-,17-,18-,19-,20+,21+,22+,23-,24-,25-,26-,27-,28-,29-,30-,31-,32-,33-,34-,35-,36-,37-,38-,39+,40?,41-,42-,43-,44+,45-,46+,47+/m1/s1. The minimum Gasteiger partial charge on any atom is -0.394 e. The normalized spacial score (nSPS) is 53.6. The molecule has 39 atom stereocenters. The number of ether oxygens (including phenoxy) is 15. The van der Waals surface area contributed by atoms with Gasteiger partial charge in [0.1, 0.15) is 189 Å². The van der Waals surface area contributed by atoms with E-state index in [1.807, 2.05) is 0 Å². The van der Waals surface area contributed by atoms with Gasteiger partial charge in [0, 0.05) is 0 Å². The van der Waals surface area contributed by atoms with Gasteiger partial charge in [-0.05, 0) is 0 Å². The van der Waals surface area contributed by atoms with E-state index in [2.05, 4.69) is 0 Å². The third kappa shape index (κ3) is 14.9. The quantitative estimate of drug-likeness (QED) is 0.0479. The van der Waals surface area contributed by atoms with E-state index >= 15 is 0 Å². The summed E-state index contributed by atoms with van der Waals surface area (Å²) in [5.41, 5.74) is 0. The van der Waals surface area contributed by atoms with Crippen molar-refractivity contribution in [3.63, 3.8) is 0 Å². The second kappa shape index (κ2) is 30.6. The Morgan fingerprint density at radius 3 is 0.759 bits per heavy atom. The number of aliphatic hydroxyl groups is 25. The minimum atomic E-state index is -2.22. The Hall–Kier alpha value is -1.60. The van der Waals surface area contributed by atoms with Crippen LogP contribution >= 0.6 is 0 Å². The van der Waals surface area contributed by atoms with Gasteiger partial charge in [-0.1, -0.05) is 0 Å². The minimum absolute atomic E-state index is 0.729. The lowest BCUT2D eigenvalue weighted by Gasteiger charge is -2.49. The van der Waals surface area contributed by atoms with Gasteiger partial charge >= 0.3 is 0 Å². The molecule has 8 aliphatic heterocycles. The molecule has 0 spiro atoms. The van der Waals surface area contributed by atoms with E-state index in [9.17, 15) is 128 Å². The predicted octanol–water partition coefficient (Wildman–Crippen LogP) is -17.8. The summed E-state index contributed by atoms with van der Waals surface area (Å²) in [6, 6.07) is 0. The summed E-state index contributed by atoms with van der Waals surface area (Å²) in [5, 5.41) is 265. The van der Waals surface area contributed by atoms with Gasteiger partial charge < -0.3 is 199 Å². The first-order valence-corrected chi connectivity index (χ1v) is 27.6. The van der Waals surface area contributed by atoms with Crippen LogP contribution in [0, 0.1) is 0 Å². The van der Waals surface area contributed by atoms with E-state index in [-0.39, 0.29) is 0 Å².